The smallest absolute Gasteiger partial charge is 0.371 e. The SMILES string of the molecule is CCC(COC(C(F)(F)F)(C(F)(F)F)C(F)(F)F)(COC(C(F)(F)F)(C(F)(F)F)C(F)(F)F)COC(C(F)(F)F)(C(F)(F)F)C(F)(F)F.CCN(CC)C(=O)CN(CC(=O)N(CC)CC)C(=O)COCC(COC(C(F)(F)F)(C(F)(F)F)C(F)(F)F)(COC(C(F)(F)F)(C(F)(F)F)C(F)(F)F)COC(C(F)(F)F)(C(F)(F)F)C(F)(F)F. The molecule has 116 heavy (non-hydrogen) atoms. The zero-order valence-electron chi connectivity index (χ0n) is 55.9. The summed E-state index contributed by atoms with van der Waals surface area (Å²) < 4.78 is 751. The Labute approximate surface area is 606 Å². The van der Waals surface area contributed by atoms with Crippen molar-refractivity contribution < 1.29 is 285 Å². The van der Waals surface area contributed by atoms with Crippen LogP contribution in [-0.2, 0) is 47.5 Å². The standard InChI is InChI=1S/C31H34F27N3O7.C18H11F27O3/c1-5-59(6-2)16(62)9-61(10-17(63)60(7-3)8-4)18(64)11-65-12-19(13-66-20(23(32,33)34,24(35,36)37)25(38,39)40,14-67-21(26(41,42)43,27(44,45)46)28(47,48)49)15-68-22(29(50,51)52,30(53,54)55)31(56,57)58;1-2-6(3-46-7(10(19,20)21,11(22,23)24)12(25,26)27,4-47-8(13(28,29)30,14(31,32)33)15(34,35)36)5-48-9(16(37,38)39,17(40,41)42)18(43,44)45/h5-15H2,1-4H3;2-5H2,1H3. The first kappa shape index (κ1) is 112. The summed E-state index contributed by atoms with van der Waals surface area (Å²) in [6.45, 7) is -28.2. The maximum Gasteiger partial charge on any atom is 0.435 e. The number of rotatable bonds is 31. The number of hydrogen-bond acceptors (Lipinski definition) is 10. The van der Waals surface area contributed by atoms with E-state index in [2.05, 4.69) is 33.2 Å². The second-order valence-corrected chi connectivity index (χ2v) is 23.0. The van der Waals surface area contributed by atoms with Crippen molar-refractivity contribution >= 4 is 17.7 Å². The fourth-order valence-corrected chi connectivity index (χ4v) is 8.97. The number of halogens is 54. The number of amides is 3. The van der Waals surface area contributed by atoms with Crippen molar-refractivity contribution in [1.82, 2.24) is 14.7 Å². The van der Waals surface area contributed by atoms with E-state index in [0.717, 1.165) is 9.80 Å². The molecule has 0 bridgehead atoms. The summed E-state index contributed by atoms with van der Waals surface area (Å²) in [5.41, 5.74) is -57.8. The Balaban J connectivity index is 0. The highest BCUT2D eigenvalue weighted by atomic mass is 19.5. The molecule has 0 fully saturated rings. The van der Waals surface area contributed by atoms with Crippen molar-refractivity contribution in [3.63, 3.8) is 0 Å². The van der Waals surface area contributed by atoms with Gasteiger partial charge in [-0.15, -0.1) is 0 Å². The minimum Gasteiger partial charge on any atom is -0.371 e. The van der Waals surface area contributed by atoms with Gasteiger partial charge < -0.3 is 47.9 Å². The van der Waals surface area contributed by atoms with Crippen molar-refractivity contribution in [2.24, 2.45) is 10.8 Å². The van der Waals surface area contributed by atoms with E-state index in [1.54, 1.807) is 0 Å². The van der Waals surface area contributed by atoms with Crippen LogP contribution in [-0.4, -0.2) is 269 Å². The van der Waals surface area contributed by atoms with Crippen LogP contribution in [0.25, 0.3) is 0 Å². The molecule has 0 saturated carbocycles. The van der Waals surface area contributed by atoms with Gasteiger partial charge in [-0.3, -0.25) is 14.4 Å². The van der Waals surface area contributed by atoms with Crippen LogP contribution >= 0.6 is 0 Å². The van der Waals surface area contributed by atoms with Crippen molar-refractivity contribution in [2.45, 2.75) is 186 Å². The van der Waals surface area contributed by atoms with Gasteiger partial charge in [0.25, 0.3) is 0 Å². The first-order valence-corrected chi connectivity index (χ1v) is 28.8. The molecule has 0 aliphatic heterocycles. The Hall–Kier alpha value is -5.65. The van der Waals surface area contributed by atoms with E-state index in [1.165, 1.54) is 27.7 Å². The number of likely N-dealkylation sites (N-methyl/N-ethyl adjacent to an activating group) is 2. The Morgan fingerprint density at radius 1 is 0.198 bits per heavy atom. The van der Waals surface area contributed by atoms with E-state index in [-0.39, 0.29) is 38.0 Å². The lowest BCUT2D eigenvalue weighted by molar-refractivity contribution is -0.477. The predicted octanol–water partition coefficient (Wildman–Crippen LogP) is 18.6. The molecule has 0 radical (unpaired) electrons. The number of hydrogen-bond donors (Lipinski definition) is 0. The highest BCUT2D eigenvalue weighted by Crippen LogP contribution is 2.63. The summed E-state index contributed by atoms with van der Waals surface area (Å²) in [7, 11) is 0. The second-order valence-electron chi connectivity index (χ2n) is 23.0. The zero-order valence-corrected chi connectivity index (χ0v) is 55.9. The first-order chi connectivity index (χ1) is 50.4. The van der Waals surface area contributed by atoms with E-state index >= 15 is 0 Å². The Morgan fingerprint density at radius 2 is 0.336 bits per heavy atom. The molecule has 67 heteroatoms. The molecule has 0 aromatic carbocycles. The summed E-state index contributed by atoms with van der Waals surface area (Å²) in [6, 6.07) is 0. The molecular weight excluding hydrogens is 1820 g/mol. The molecule has 0 heterocycles. The van der Waals surface area contributed by atoms with Crippen LogP contribution in [0.1, 0.15) is 41.0 Å². The number of nitrogens with zero attached hydrogens (tertiary/aromatic N) is 3. The highest BCUT2D eigenvalue weighted by Gasteiger charge is 2.92. The van der Waals surface area contributed by atoms with Gasteiger partial charge in [-0.25, -0.2) is 0 Å². The summed E-state index contributed by atoms with van der Waals surface area (Å²) >= 11 is 0. The predicted molar refractivity (Wildman–Crippen MR) is 259 cm³/mol. The van der Waals surface area contributed by atoms with Crippen LogP contribution in [0.2, 0.25) is 0 Å². The topological polar surface area (TPSA) is 126 Å². The third-order valence-electron chi connectivity index (χ3n) is 15.4. The van der Waals surface area contributed by atoms with Crippen molar-refractivity contribution in [3.8, 4) is 0 Å². The third kappa shape index (κ3) is 22.4. The molecular formula is C49H45F54N3O10. The molecule has 0 rings (SSSR count). The van der Waals surface area contributed by atoms with E-state index in [4.69, 9.17) is 0 Å². The van der Waals surface area contributed by atoms with Gasteiger partial charge in [0.05, 0.1) is 51.7 Å². The average Bonchev–Trinajstić information content (AvgIpc) is 0.718. The molecule has 0 aliphatic rings. The van der Waals surface area contributed by atoms with Gasteiger partial charge in [-0.1, -0.05) is 6.92 Å². The summed E-state index contributed by atoms with van der Waals surface area (Å²) in [5.74, 6) is -4.40. The molecule has 3 amide bonds. The van der Waals surface area contributed by atoms with Crippen molar-refractivity contribution in [3.05, 3.63) is 0 Å². The van der Waals surface area contributed by atoms with Crippen molar-refractivity contribution in [1.29, 1.82) is 0 Å². The number of carbonyl (C=O) groups is 3. The van der Waals surface area contributed by atoms with Gasteiger partial charge in [0.2, 0.25) is 17.7 Å². The normalized spacial score (nSPS) is 15.5. The maximum absolute atomic E-state index is 13.8. The molecule has 0 spiro atoms. The van der Waals surface area contributed by atoms with Crippen LogP contribution in [0.3, 0.4) is 0 Å². The molecule has 0 aromatic heterocycles. The Bertz CT molecular complexity index is 2610. The monoisotopic (exact) mass is 1860 g/mol. The van der Waals surface area contributed by atoms with Crippen LogP contribution in [0.5, 0.6) is 0 Å². The Kier molecular flexibility index (Phi) is 34.3. The molecule has 0 aliphatic carbocycles. The molecule has 0 unspecified atom stereocenters. The highest BCUT2D eigenvalue weighted by molar-refractivity contribution is 5.89. The lowest BCUT2D eigenvalue weighted by Crippen LogP contribution is -2.71. The number of ether oxygens (including phenoxy) is 7. The summed E-state index contributed by atoms with van der Waals surface area (Å²) in [5, 5.41) is 0. The van der Waals surface area contributed by atoms with Gasteiger partial charge in [-0.2, -0.15) is 237 Å². The van der Waals surface area contributed by atoms with E-state index < -0.39 is 246 Å². The van der Waals surface area contributed by atoms with Crippen LogP contribution in [0.4, 0.5) is 237 Å². The number of alkyl halides is 54. The fraction of sp³-hybridized carbons (Fsp3) is 0.939. The van der Waals surface area contributed by atoms with Crippen LogP contribution in [0, 0.1) is 10.8 Å². The Morgan fingerprint density at radius 3 is 0.457 bits per heavy atom. The zero-order chi connectivity index (χ0) is 94.0. The fourth-order valence-electron chi connectivity index (χ4n) is 8.97. The van der Waals surface area contributed by atoms with Gasteiger partial charge in [0.1, 0.15) is 19.7 Å². The van der Waals surface area contributed by atoms with Crippen LogP contribution in [0.15, 0.2) is 0 Å². The first-order valence-electron chi connectivity index (χ1n) is 28.8. The number of carbonyl (C=O) groups excluding carboxylic acids is 3. The lowest BCUT2D eigenvalue weighted by Gasteiger charge is -2.45. The van der Waals surface area contributed by atoms with Gasteiger partial charge in [-0.05, 0) is 34.1 Å². The molecule has 13 nitrogen and oxygen atoms in total. The van der Waals surface area contributed by atoms with E-state index in [9.17, 15) is 251 Å². The minimum atomic E-state index is -8.16. The molecule has 0 N–H and O–H groups in total. The maximum atomic E-state index is 13.8. The van der Waals surface area contributed by atoms with Crippen molar-refractivity contribution in [2.75, 3.05) is 92.1 Å². The van der Waals surface area contributed by atoms with Crippen LogP contribution < -0.4 is 0 Å². The summed E-state index contributed by atoms with van der Waals surface area (Å²) in [4.78, 5) is 40.6. The summed E-state index contributed by atoms with van der Waals surface area (Å²) in [6.07, 6.45) is -147. The molecule has 0 atom stereocenters. The average molecular weight is 1860 g/mol. The van der Waals surface area contributed by atoms with E-state index in [0.29, 0.717) is 0 Å². The van der Waals surface area contributed by atoms with Gasteiger partial charge in [0, 0.05) is 31.6 Å². The molecule has 0 saturated heterocycles. The van der Waals surface area contributed by atoms with Gasteiger partial charge in [0.15, 0.2) is 0 Å². The quantitative estimate of drug-likeness (QED) is 0.0620. The second kappa shape index (κ2) is 35.4. The van der Waals surface area contributed by atoms with E-state index in [1.807, 2.05) is 0 Å². The largest absolute Gasteiger partial charge is 0.435 e. The molecule has 694 valence electrons. The third-order valence-corrected chi connectivity index (χ3v) is 15.4. The van der Waals surface area contributed by atoms with Gasteiger partial charge >= 0.3 is 145 Å². The molecule has 0 aromatic rings. The minimum absolute atomic E-state index is 0.0262. The lowest BCUT2D eigenvalue weighted by atomic mass is 9.86.